The molecule has 0 aliphatic heterocycles. The monoisotopic (exact) mass is 187 g/mol. The first kappa shape index (κ1) is 8.34. The van der Waals surface area contributed by atoms with Crippen LogP contribution in [-0.4, -0.2) is 0 Å². The van der Waals surface area contributed by atoms with Gasteiger partial charge in [0, 0.05) is 5.69 Å². The summed E-state index contributed by atoms with van der Waals surface area (Å²) in [4.78, 5) is 0. The van der Waals surface area contributed by atoms with Crippen molar-refractivity contribution in [1.29, 1.82) is 0 Å². The van der Waals surface area contributed by atoms with Crippen LogP contribution in [0.15, 0.2) is 18.2 Å². The molecule has 1 heteroatoms. The Hall–Kier alpha value is -0.980. The van der Waals surface area contributed by atoms with E-state index in [4.69, 9.17) is 5.73 Å². The van der Waals surface area contributed by atoms with E-state index in [-0.39, 0.29) is 0 Å². The molecule has 1 nitrogen and oxygen atoms in total. The Labute approximate surface area is 85.3 Å². The van der Waals surface area contributed by atoms with Crippen LogP contribution in [0.25, 0.3) is 0 Å². The van der Waals surface area contributed by atoms with Crippen LogP contribution in [0, 0.1) is 5.92 Å². The second kappa shape index (κ2) is 3.01. The highest BCUT2D eigenvalue weighted by Crippen LogP contribution is 2.47. The zero-order valence-electron chi connectivity index (χ0n) is 8.50. The molecule has 74 valence electrons. The fourth-order valence-corrected chi connectivity index (χ4v) is 3.33. The van der Waals surface area contributed by atoms with Gasteiger partial charge in [-0.1, -0.05) is 25.0 Å². The lowest BCUT2D eigenvalue weighted by atomic mass is 9.80. The molecule has 2 N–H and O–H groups in total. The number of nitrogen functional groups attached to an aromatic ring is 1. The standard InChI is InChI=1S/C13H17N/c14-13-7-3-6-11-10-5-2-1-4-9(10)8-12(11)13/h3,6-7,9-10H,1-2,4-5,8,14H2. The molecule has 0 heterocycles. The Bertz CT molecular complexity index is 356. The van der Waals surface area contributed by atoms with Gasteiger partial charge in [-0.2, -0.15) is 0 Å². The maximum Gasteiger partial charge on any atom is 0.0349 e. The van der Waals surface area contributed by atoms with Gasteiger partial charge in [0.2, 0.25) is 0 Å². The zero-order chi connectivity index (χ0) is 9.54. The maximum atomic E-state index is 6.03. The highest BCUT2D eigenvalue weighted by atomic mass is 14.6. The van der Waals surface area contributed by atoms with Gasteiger partial charge in [-0.3, -0.25) is 0 Å². The summed E-state index contributed by atoms with van der Waals surface area (Å²) in [5.74, 6) is 1.74. The van der Waals surface area contributed by atoms with Crippen molar-refractivity contribution in [1.82, 2.24) is 0 Å². The Kier molecular flexibility index (Phi) is 1.79. The van der Waals surface area contributed by atoms with E-state index < -0.39 is 0 Å². The molecule has 2 aliphatic rings. The van der Waals surface area contributed by atoms with E-state index in [1.54, 1.807) is 5.56 Å². The van der Waals surface area contributed by atoms with Gasteiger partial charge in [0.05, 0.1) is 0 Å². The van der Waals surface area contributed by atoms with Gasteiger partial charge in [-0.25, -0.2) is 0 Å². The minimum atomic E-state index is 0.835. The Morgan fingerprint density at radius 3 is 2.93 bits per heavy atom. The number of hydrogen-bond donors (Lipinski definition) is 1. The number of benzene rings is 1. The largest absolute Gasteiger partial charge is 0.398 e. The number of hydrogen-bond acceptors (Lipinski definition) is 1. The van der Waals surface area contributed by atoms with E-state index in [1.165, 1.54) is 37.7 Å². The summed E-state index contributed by atoms with van der Waals surface area (Å²) in [5.41, 5.74) is 10.1. The van der Waals surface area contributed by atoms with Gasteiger partial charge in [-0.05, 0) is 48.3 Å². The molecule has 2 aliphatic carbocycles. The fourth-order valence-electron chi connectivity index (χ4n) is 3.33. The molecule has 1 saturated carbocycles. The second-order valence-corrected chi connectivity index (χ2v) is 4.77. The molecule has 2 atom stereocenters. The third kappa shape index (κ3) is 1.08. The molecule has 2 unspecified atom stereocenters. The van der Waals surface area contributed by atoms with E-state index in [0.717, 1.165) is 17.5 Å². The second-order valence-electron chi connectivity index (χ2n) is 4.77. The van der Waals surface area contributed by atoms with Crippen molar-refractivity contribution >= 4 is 5.69 Å². The molecule has 1 aromatic carbocycles. The average molecular weight is 187 g/mol. The van der Waals surface area contributed by atoms with E-state index in [9.17, 15) is 0 Å². The third-order valence-electron chi connectivity index (χ3n) is 4.02. The number of rotatable bonds is 0. The summed E-state index contributed by atoms with van der Waals surface area (Å²) in [5, 5.41) is 0. The lowest BCUT2D eigenvalue weighted by molar-refractivity contribution is 0.330. The van der Waals surface area contributed by atoms with Crippen molar-refractivity contribution in [2.45, 2.75) is 38.0 Å². The molecule has 0 aromatic heterocycles. The Balaban J connectivity index is 2.05. The number of anilines is 1. The van der Waals surface area contributed by atoms with Crippen LogP contribution in [0.2, 0.25) is 0 Å². The first-order chi connectivity index (χ1) is 6.86. The first-order valence-corrected chi connectivity index (χ1v) is 5.73. The van der Waals surface area contributed by atoms with Gasteiger partial charge in [0.1, 0.15) is 0 Å². The predicted molar refractivity (Wildman–Crippen MR) is 59.3 cm³/mol. The SMILES string of the molecule is Nc1cccc2c1CC1CCCCC21. The van der Waals surface area contributed by atoms with Crippen LogP contribution in [0.3, 0.4) is 0 Å². The third-order valence-corrected chi connectivity index (χ3v) is 4.02. The van der Waals surface area contributed by atoms with E-state index >= 15 is 0 Å². The van der Waals surface area contributed by atoms with Crippen molar-refractivity contribution in [2.24, 2.45) is 5.92 Å². The first-order valence-electron chi connectivity index (χ1n) is 5.73. The molecule has 1 fully saturated rings. The highest BCUT2D eigenvalue weighted by molar-refractivity contribution is 5.55. The quantitative estimate of drug-likeness (QED) is 0.620. The smallest absolute Gasteiger partial charge is 0.0349 e. The normalized spacial score (nSPS) is 29.7. The number of fused-ring (bicyclic) bond motifs is 3. The Morgan fingerprint density at radius 2 is 2.00 bits per heavy atom. The fraction of sp³-hybridized carbons (Fsp3) is 0.538. The summed E-state index contributed by atoms with van der Waals surface area (Å²) in [7, 11) is 0. The number of nitrogens with two attached hydrogens (primary N) is 1. The van der Waals surface area contributed by atoms with Crippen LogP contribution < -0.4 is 5.73 Å². The summed E-state index contributed by atoms with van der Waals surface area (Å²) in [6.07, 6.45) is 6.89. The summed E-state index contributed by atoms with van der Waals surface area (Å²) in [6.45, 7) is 0. The molecular weight excluding hydrogens is 170 g/mol. The maximum absolute atomic E-state index is 6.03. The van der Waals surface area contributed by atoms with Gasteiger partial charge in [0.25, 0.3) is 0 Å². The molecule has 1 aromatic rings. The van der Waals surface area contributed by atoms with Gasteiger partial charge >= 0.3 is 0 Å². The molecular formula is C13H17N. The average Bonchev–Trinajstić information content (AvgIpc) is 2.59. The van der Waals surface area contributed by atoms with Crippen LogP contribution in [0.5, 0.6) is 0 Å². The van der Waals surface area contributed by atoms with Crippen LogP contribution >= 0.6 is 0 Å². The topological polar surface area (TPSA) is 26.0 Å². The van der Waals surface area contributed by atoms with Gasteiger partial charge < -0.3 is 5.73 Å². The summed E-state index contributed by atoms with van der Waals surface area (Å²) >= 11 is 0. The van der Waals surface area contributed by atoms with E-state index in [2.05, 4.69) is 18.2 Å². The van der Waals surface area contributed by atoms with Crippen molar-refractivity contribution in [3.05, 3.63) is 29.3 Å². The lowest BCUT2D eigenvalue weighted by Gasteiger charge is -2.25. The predicted octanol–water partition coefficient (Wildman–Crippen LogP) is 3.10. The van der Waals surface area contributed by atoms with Crippen molar-refractivity contribution < 1.29 is 0 Å². The van der Waals surface area contributed by atoms with Crippen molar-refractivity contribution in [3.8, 4) is 0 Å². The molecule has 0 bridgehead atoms. The highest BCUT2D eigenvalue weighted by Gasteiger charge is 2.34. The summed E-state index contributed by atoms with van der Waals surface area (Å²) < 4.78 is 0. The van der Waals surface area contributed by atoms with E-state index in [1.807, 2.05) is 0 Å². The molecule has 0 spiro atoms. The molecule has 3 rings (SSSR count). The Morgan fingerprint density at radius 1 is 1.14 bits per heavy atom. The lowest BCUT2D eigenvalue weighted by Crippen LogP contribution is -2.12. The van der Waals surface area contributed by atoms with Crippen molar-refractivity contribution in [3.63, 3.8) is 0 Å². The van der Waals surface area contributed by atoms with Crippen LogP contribution in [-0.2, 0) is 6.42 Å². The minimum absolute atomic E-state index is 0.835. The molecule has 14 heavy (non-hydrogen) atoms. The summed E-state index contributed by atoms with van der Waals surface area (Å²) in [6, 6.07) is 6.46. The van der Waals surface area contributed by atoms with Gasteiger partial charge in [-0.15, -0.1) is 0 Å². The van der Waals surface area contributed by atoms with Crippen molar-refractivity contribution in [2.75, 3.05) is 5.73 Å². The molecule has 0 saturated heterocycles. The van der Waals surface area contributed by atoms with Crippen LogP contribution in [0.4, 0.5) is 5.69 Å². The zero-order valence-corrected chi connectivity index (χ0v) is 8.50. The molecule has 0 radical (unpaired) electrons. The van der Waals surface area contributed by atoms with Crippen LogP contribution in [0.1, 0.15) is 42.7 Å². The molecule has 0 amide bonds. The minimum Gasteiger partial charge on any atom is -0.398 e. The van der Waals surface area contributed by atoms with Gasteiger partial charge in [0.15, 0.2) is 0 Å². The van der Waals surface area contributed by atoms with E-state index in [0.29, 0.717) is 0 Å².